The molecule has 3 nitrogen and oxygen atoms in total. The molecule has 0 atom stereocenters. The Labute approximate surface area is 97.4 Å². The highest BCUT2D eigenvalue weighted by Gasteiger charge is 2.22. The number of halogens is 1. The molecule has 0 spiro atoms. The van der Waals surface area contributed by atoms with Crippen molar-refractivity contribution in [2.45, 2.75) is 19.3 Å². The third-order valence-electron chi connectivity index (χ3n) is 2.24. The molecule has 1 aromatic carbocycles. The average Bonchev–Trinajstić information content (AvgIpc) is 2.21. The van der Waals surface area contributed by atoms with Gasteiger partial charge in [0.05, 0.1) is 18.6 Å². The molecule has 0 fully saturated rings. The first-order valence-corrected chi connectivity index (χ1v) is 5.20. The largest absolute Gasteiger partial charge is 0.507 e. The molecule has 0 saturated heterocycles. The smallest absolute Gasteiger partial charge is 0.137 e. The number of nitriles is 1. The van der Waals surface area contributed by atoms with Gasteiger partial charge in [-0.2, -0.15) is 5.26 Å². The van der Waals surface area contributed by atoms with Gasteiger partial charge in [-0.15, -0.1) is 0 Å². The Morgan fingerprint density at radius 3 is 2.53 bits per heavy atom. The summed E-state index contributed by atoms with van der Waals surface area (Å²) in [5, 5.41) is 18.6. The van der Waals surface area contributed by atoms with E-state index in [9.17, 15) is 5.11 Å². The molecule has 4 heteroatoms. The van der Waals surface area contributed by atoms with Gasteiger partial charge in [-0.3, -0.25) is 0 Å². The van der Waals surface area contributed by atoms with Crippen LogP contribution in [0.1, 0.15) is 19.4 Å². The number of methoxy groups -OCH3 is 1. The molecule has 0 heterocycles. The second kappa shape index (κ2) is 4.11. The zero-order valence-electron chi connectivity index (χ0n) is 8.84. The summed E-state index contributed by atoms with van der Waals surface area (Å²) in [5.74, 6) is 0.598. The molecule has 1 aromatic rings. The highest BCUT2D eigenvalue weighted by atomic mass is 79.9. The van der Waals surface area contributed by atoms with Crippen LogP contribution in [0.4, 0.5) is 0 Å². The van der Waals surface area contributed by atoms with E-state index >= 15 is 0 Å². The van der Waals surface area contributed by atoms with Gasteiger partial charge in [0.25, 0.3) is 0 Å². The fourth-order valence-corrected chi connectivity index (χ4v) is 1.55. The Kier molecular flexibility index (Phi) is 3.25. The van der Waals surface area contributed by atoms with Crippen molar-refractivity contribution in [3.05, 3.63) is 22.2 Å². The van der Waals surface area contributed by atoms with E-state index in [2.05, 4.69) is 22.0 Å². The Balaban J connectivity index is 3.36. The maximum Gasteiger partial charge on any atom is 0.137 e. The predicted molar refractivity (Wildman–Crippen MR) is 61.0 cm³/mol. The highest BCUT2D eigenvalue weighted by molar-refractivity contribution is 9.10. The van der Waals surface area contributed by atoms with Gasteiger partial charge in [0, 0.05) is 0 Å². The summed E-state index contributed by atoms with van der Waals surface area (Å²) in [6, 6.07) is 5.48. The van der Waals surface area contributed by atoms with E-state index in [-0.39, 0.29) is 5.75 Å². The molecule has 0 aromatic heterocycles. The lowest BCUT2D eigenvalue weighted by atomic mass is 9.86. The average molecular weight is 270 g/mol. The van der Waals surface area contributed by atoms with Crippen molar-refractivity contribution in [1.29, 1.82) is 5.26 Å². The third-order valence-corrected chi connectivity index (χ3v) is 3.04. The van der Waals surface area contributed by atoms with Crippen LogP contribution in [0.15, 0.2) is 16.6 Å². The quantitative estimate of drug-likeness (QED) is 0.898. The first-order chi connectivity index (χ1) is 6.92. The number of benzene rings is 1. The van der Waals surface area contributed by atoms with E-state index in [1.54, 1.807) is 26.0 Å². The summed E-state index contributed by atoms with van der Waals surface area (Å²) in [5.41, 5.74) is 0.0772. The van der Waals surface area contributed by atoms with Gasteiger partial charge < -0.3 is 9.84 Å². The third kappa shape index (κ3) is 2.24. The first kappa shape index (κ1) is 11.9. The van der Waals surface area contributed by atoms with Crippen molar-refractivity contribution in [3.63, 3.8) is 0 Å². The number of aromatic hydroxyl groups is 1. The molecule has 1 N–H and O–H groups in total. The second-order valence-corrected chi connectivity index (χ2v) is 4.54. The fourth-order valence-electron chi connectivity index (χ4n) is 1.16. The Morgan fingerprint density at radius 1 is 1.47 bits per heavy atom. The topological polar surface area (TPSA) is 53.2 Å². The molecule has 0 amide bonds. The summed E-state index contributed by atoms with van der Waals surface area (Å²) >= 11 is 3.21. The van der Waals surface area contributed by atoms with Gasteiger partial charge in [-0.1, -0.05) is 0 Å². The molecular formula is C11H12BrNO2. The van der Waals surface area contributed by atoms with Gasteiger partial charge in [-0.25, -0.2) is 0 Å². The van der Waals surface area contributed by atoms with E-state index in [1.807, 2.05) is 0 Å². The number of hydrogen-bond donors (Lipinski definition) is 1. The first-order valence-electron chi connectivity index (χ1n) is 4.40. The number of nitrogens with zero attached hydrogens (tertiary/aromatic N) is 1. The number of rotatable bonds is 2. The summed E-state index contributed by atoms with van der Waals surface area (Å²) in [6.07, 6.45) is 0. The van der Waals surface area contributed by atoms with E-state index in [1.165, 1.54) is 7.11 Å². The number of phenolic OH excluding ortho intramolecular Hbond substituents is 1. The van der Waals surface area contributed by atoms with Crippen LogP contribution in [-0.2, 0) is 5.41 Å². The van der Waals surface area contributed by atoms with E-state index < -0.39 is 5.41 Å². The van der Waals surface area contributed by atoms with E-state index in [0.717, 1.165) is 5.56 Å². The zero-order valence-corrected chi connectivity index (χ0v) is 10.4. The molecule has 0 bridgehead atoms. The minimum atomic E-state index is -0.647. The second-order valence-electron chi connectivity index (χ2n) is 3.75. The van der Waals surface area contributed by atoms with Crippen LogP contribution in [0.3, 0.4) is 0 Å². The summed E-state index contributed by atoms with van der Waals surface area (Å²) in [4.78, 5) is 0. The molecule has 15 heavy (non-hydrogen) atoms. The standard InChI is InChI=1S/C11H12BrNO2/c1-11(2,6-13)7-4-8(14)10(12)9(5-7)15-3/h4-5,14H,1-3H3. The molecule has 1 rings (SSSR count). The van der Waals surface area contributed by atoms with Crippen molar-refractivity contribution in [1.82, 2.24) is 0 Å². The lowest BCUT2D eigenvalue weighted by Crippen LogP contribution is -2.13. The Hall–Kier alpha value is -1.21. The molecule has 0 radical (unpaired) electrons. The SMILES string of the molecule is COc1cc(C(C)(C)C#N)cc(O)c1Br. The van der Waals surface area contributed by atoms with Gasteiger partial charge in [-0.05, 0) is 47.5 Å². The van der Waals surface area contributed by atoms with Gasteiger partial charge in [0.1, 0.15) is 16.0 Å². The van der Waals surface area contributed by atoms with Gasteiger partial charge in [0.2, 0.25) is 0 Å². The highest BCUT2D eigenvalue weighted by Crippen LogP contribution is 2.38. The van der Waals surface area contributed by atoms with Crippen LogP contribution in [0.5, 0.6) is 11.5 Å². The zero-order chi connectivity index (χ0) is 11.6. The Bertz CT molecular complexity index is 421. The summed E-state index contributed by atoms with van der Waals surface area (Å²) in [6.45, 7) is 3.57. The van der Waals surface area contributed by atoms with Crippen LogP contribution in [0.25, 0.3) is 0 Å². The lowest BCUT2D eigenvalue weighted by Gasteiger charge is -2.18. The van der Waals surface area contributed by atoms with Crippen molar-refractivity contribution >= 4 is 15.9 Å². The molecule has 0 aliphatic carbocycles. The predicted octanol–water partition coefficient (Wildman–Crippen LogP) is 2.96. The number of phenols is 1. The van der Waals surface area contributed by atoms with E-state index in [4.69, 9.17) is 10.00 Å². The number of ether oxygens (including phenoxy) is 1. The number of hydrogen-bond acceptors (Lipinski definition) is 3. The lowest BCUT2D eigenvalue weighted by molar-refractivity contribution is 0.401. The van der Waals surface area contributed by atoms with Crippen molar-refractivity contribution in [2.24, 2.45) is 0 Å². The molecule has 0 unspecified atom stereocenters. The van der Waals surface area contributed by atoms with Crippen LogP contribution in [-0.4, -0.2) is 12.2 Å². The normalized spacial score (nSPS) is 10.9. The maximum absolute atomic E-state index is 9.63. The minimum Gasteiger partial charge on any atom is -0.507 e. The molecular weight excluding hydrogens is 258 g/mol. The van der Waals surface area contributed by atoms with Crippen molar-refractivity contribution < 1.29 is 9.84 Å². The van der Waals surface area contributed by atoms with Crippen LogP contribution >= 0.6 is 15.9 Å². The van der Waals surface area contributed by atoms with Crippen LogP contribution < -0.4 is 4.74 Å². The van der Waals surface area contributed by atoms with Crippen LogP contribution in [0, 0.1) is 11.3 Å². The van der Waals surface area contributed by atoms with E-state index in [0.29, 0.717) is 10.2 Å². The van der Waals surface area contributed by atoms with Gasteiger partial charge >= 0.3 is 0 Å². The molecule has 0 saturated carbocycles. The van der Waals surface area contributed by atoms with Crippen LogP contribution in [0.2, 0.25) is 0 Å². The Morgan fingerprint density at radius 2 is 2.07 bits per heavy atom. The van der Waals surface area contributed by atoms with Crippen molar-refractivity contribution in [2.75, 3.05) is 7.11 Å². The summed E-state index contributed by atoms with van der Waals surface area (Å²) in [7, 11) is 1.52. The monoisotopic (exact) mass is 269 g/mol. The maximum atomic E-state index is 9.63. The summed E-state index contributed by atoms with van der Waals surface area (Å²) < 4.78 is 5.59. The van der Waals surface area contributed by atoms with Crippen molar-refractivity contribution in [3.8, 4) is 17.6 Å². The minimum absolute atomic E-state index is 0.0766. The molecule has 0 aliphatic rings. The van der Waals surface area contributed by atoms with Gasteiger partial charge in [0.15, 0.2) is 0 Å². The fraction of sp³-hybridized carbons (Fsp3) is 0.364. The molecule has 0 aliphatic heterocycles. The molecule has 80 valence electrons.